The van der Waals surface area contributed by atoms with Gasteiger partial charge in [0.2, 0.25) is 5.91 Å². The van der Waals surface area contributed by atoms with Gasteiger partial charge in [0.1, 0.15) is 18.4 Å². The Morgan fingerprint density at radius 1 is 1.11 bits per heavy atom. The first kappa shape index (κ1) is 17.7. The fourth-order valence-electron chi connectivity index (χ4n) is 3.28. The number of pyridine rings is 1. The number of amides is 2. The second-order valence-electron chi connectivity index (χ2n) is 6.65. The molecule has 140 valence electrons. The van der Waals surface area contributed by atoms with E-state index in [1.165, 1.54) is 0 Å². The number of nitrogens with zero attached hydrogens (tertiary/aromatic N) is 1. The summed E-state index contributed by atoms with van der Waals surface area (Å²) in [5.41, 5.74) is 9.79. The van der Waals surface area contributed by atoms with Crippen molar-refractivity contribution in [3.05, 3.63) is 83.7 Å². The van der Waals surface area contributed by atoms with E-state index in [-0.39, 0.29) is 5.91 Å². The van der Waals surface area contributed by atoms with Crippen molar-refractivity contribution in [1.29, 1.82) is 0 Å². The SMILES string of the molecule is NC(=O)C(Cc1ccccc1)NC(=O)c1ccc2c(c1)OCc1cnccc1-2. The first-order valence-corrected chi connectivity index (χ1v) is 8.96. The van der Waals surface area contributed by atoms with Crippen molar-refractivity contribution < 1.29 is 14.3 Å². The zero-order valence-electron chi connectivity index (χ0n) is 15.1. The highest BCUT2D eigenvalue weighted by atomic mass is 16.5. The molecule has 0 bridgehead atoms. The summed E-state index contributed by atoms with van der Waals surface area (Å²) in [6.45, 7) is 0.402. The maximum Gasteiger partial charge on any atom is 0.252 e. The lowest BCUT2D eigenvalue weighted by atomic mass is 9.97. The van der Waals surface area contributed by atoms with E-state index in [0.717, 1.165) is 22.3 Å². The summed E-state index contributed by atoms with van der Waals surface area (Å²) >= 11 is 0. The molecule has 4 rings (SSSR count). The van der Waals surface area contributed by atoms with Crippen LogP contribution in [0.3, 0.4) is 0 Å². The topological polar surface area (TPSA) is 94.3 Å². The Labute approximate surface area is 162 Å². The van der Waals surface area contributed by atoms with Gasteiger partial charge in [-0.25, -0.2) is 0 Å². The van der Waals surface area contributed by atoms with Gasteiger partial charge in [-0.2, -0.15) is 0 Å². The van der Waals surface area contributed by atoms with Crippen LogP contribution < -0.4 is 15.8 Å². The van der Waals surface area contributed by atoms with Crippen LogP contribution in [0.2, 0.25) is 0 Å². The number of carbonyl (C=O) groups is 2. The van der Waals surface area contributed by atoms with Crippen molar-refractivity contribution in [3.63, 3.8) is 0 Å². The van der Waals surface area contributed by atoms with Gasteiger partial charge in [0.15, 0.2) is 0 Å². The van der Waals surface area contributed by atoms with E-state index in [1.54, 1.807) is 24.5 Å². The van der Waals surface area contributed by atoms with Crippen molar-refractivity contribution in [1.82, 2.24) is 10.3 Å². The molecule has 1 unspecified atom stereocenters. The predicted molar refractivity (Wildman–Crippen MR) is 105 cm³/mol. The van der Waals surface area contributed by atoms with Crippen LogP contribution in [-0.2, 0) is 17.8 Å². The molecule has 3 N–H and O–H groups in total. The zero-order chi connectivity index (χ0) is 19.5. The van der Waals surface area contributed by atoms with Gasteiger partial charge in [0.05, 0.1) is 0 Å². The molecule has 2 aromatic carbocycles. The van der Waals surface area contributed by atoms with Crippen LogP contribution in [0.25, 0.3) is 11.1 Å². The molecule has 0 saturated heterocycles. The number of nitrogens with one attached hydrogen (secondary N) is 1. The molecular weight excluding hydrogens is 354 g/mol. The van der Waals surface area contributed by atoms with Crippen LogP contribution in [0.15, 0.2) is 67.0 Å². The zero-order valence-corrected chi connectivity index (χ0v) is 15.1. The normalized spacial score (nSPS) is 12.9. The van der Waals surface area contributed by atoms with Crippen molar-refractivity contribution in [2.45, 2.75) is 19.1 Å². The smallest absolute Gasteiger partial charge is 0.252 e. The molecule has 0 radical (unpaired) electrons. The molecule has 1 aromatic heterocycles. The lowest BCUT2D eigenvalue weighted by molar-refractivity contribution is -0.119. The molecule has 0 spiro atoms. The van der Waals surface area contributed by atoms with Crippen LogP contribution in [0.4, 0.5) is 0 Å². The summed E-state index contributed by atoms with van der Waals surface area (Å²) in [7, 11) is 0. The van der Waals surface area contributed by atoms with E-state index in [1.807, 2.05) is 42.5 Å². The molecule has 6 heteroatoms. The minimum atomic E-state index is -0.793. The van der Waals surface area contributed by atoms with Crippen LogP contribution in [0, 0.1) is 0 Å². The molecule has 0 saturated carbocycles. The van der Waals surface area contributed by atoms with Gasteiger partial charge in [-0.3, -0.25) is 14.6 Å². The van der Waals surface area contributed by atoms with Gasteiger partial charge in [0, 0.05) is 35.5 Å². The minimum absolute atomic E-state index is 0.337. The monoisotopic (exact) mass is 373 g/mol. The van der Waals surface area contributed by atoms with E-state index in [0.29, 0.717) is 24.3 Å². The molecule has 3 aromatic rings. The van der Waals surface area contributed by atoms with Gasteiger partial charge < -0.3 is 15.8 Å². The molecule has 28 heavy (non-hydrogen) atoms. The Morgan fingerprint density at radius 3 is 2.71 bits per heavy atom. The van der Waals surface area contributed by atoms with E-state index in [9.17, 15) is 9.59 Å². The molecule has 6 nitrogen and oxygen atoms in total. The largest absolute Gasteiger partial charge is 0.488 e. The fraction of sp³-hybridized carbons (Fsp3) is 0.136. The number of hydrogen-bond donors (Lipinski definition) is 2. The quantitative estimate of drug-likeness (QED) is 0.718. The van der Waals surface area contributed by atoms with E-state index < -0.39 is 11.9 Å². The summed E-state index contributed by atoms with van der Waals surface area (Å²) in [6, 6.07) is 15.8. The lowest BCUT2D eigenvalue weighted by Gasteiger charge is -2.21. The molecule has 2 heterocycles. The lowest BCUT2D eigenvalue weighted by Crippen LogP contribution is -2.45. The minimum Gasteiger partial charge on any atom is -0.488 e. The number of rotatable bonds is 5. The predicted octanol–water partition coefficient (Wildman–Crippen LogP) is 2.47. The summed E-state index contributed by atoms with van der Waals surface area (Å²) in [5, 5.41) is 2.73. The Bertz CT molecular complexity index is 1030. The molecule has 2 amide bonds. The van der Waals surface area contributed by atoms with E-state index >= 15 is 0 Å². The molecule has 0 aliphatic carbocycles. The standard InChI is InChI=1S/C22H19N3O3/c23-21(26)19(10-14-4-2-1-3-5-14)25-22(27)15-6-7-18-17-8-9-24-12-16(17)13-28-20(18)11-15/h1-9,11-12,19H,10,13H2,(H2,23,26)(H,25,27). The Morgan fingerprint density at radius 2 is 1.93 bits per heavy atom. The number of nitrogens with two attached hydrogens (primary N) is 1. The molecule has 1 aliphatic rings. The summed E-state index contributed by atoms with van der Waals surface area (Å²) in [4.78, 5) is 28.6. The second kappa shape index (κ2) is 7.52. The summed E-state index contributed by atoms with van der Waals surface area (Å²) < 4.78 is 5.78. The number of aromatic nitrogens is 1. The average molecular weight is 373 g/mol. The van der Waals surface area contributed by atoms with Crippen LogP contribution in [-0.4, -0.2) is 22.8 Å². The molecule has 1 aliphatic heterocycles. The number of ether oxygens (including phenoxy) is 1. The molecule has 0 fully saturated rings. The first-order chi connectivity index (χ1) is 13.6. The van der Waals surface area contributed by atoms with E-state index in [2.05, 4.69) is 10.3 Å². The molecular formula is C22H19N3O3. The van der Waals surface area contributed by atoms with Gasteiger partial charge in [-0.1, -0.05) is 30.3 Å². The second-order valence-corrected chi connectivity index (χ2v) is 6.65. The number of benzene rings is 2. The van der Waals surface area contributed by atoms with Gasteiger partial charge >= 0.3 is 0 Å². The highest BCUT2D eigenvalue weighted by Crippen LogP contribution is 2.37. The third-order valence-corrected chi connectivity index (χ3v) is 4.75. The highest BCUT2D eigenvalue weighted by molar-refractivity contribution is 5.98. The average Bonchev–Trinajstić information content (AvgIpc) is 2.73. The van der Waals surface area contributed by atoms with E-state index in [4.69, 9.17) is 10.5 Å². The highest BCUT2D eigenvalue weighted by Gasteiger charge is 2.22. The van der Waals surface area contributed by atoms with Crippen molar-refractivity contribution in [2.24, 2.45) is 5.73 Å². The Kier molecular flexibility index (Phi) is 4.76. The van der Waals surface area contributed by atoms with Gasteiger partial charge in [-0.15, -0.1) is 0 Å². The van der Waals surface area contributed by atoms with Crippen molar-refractivity contribution >= 4 is 11.8 Å². The number of primary amides is 1. The van der Waals surface area contributed by atoms with Crippen molar-refractivity contribution in [3.8, 4) is 16.9 Å². The fourth-order valence-corrected chi connectivity index (χ4v) is 3.28. The third-order valence-electron chi connectivity index (χ3n) is 4.75. The third kappa shape index (κ3) is 3.57. The van der Waals surface area contributed by atoms with Gasteiger partial charge in [-0.05, 0) is 35.4 Å². The molecule has 1 atom stereocenters. The summed E-state index contributed by atoms with van der Waals surface area (Å²) in [5.74, 6) is -0.315. The Balaban J connectivity index is 1.54. The number of carbonyl (C=O) groups excluding carboxylic acids is 2. The van der Waals surface area contributed by atoms with Crippen LogP contribution in [0.5, 0.6) is 5.75 Å². The maximum absolute atomic E-state index is 12.7. The number of hydrogen-bond acceptors (Lipinski definition) is 4. The maximum atomic E-state index is 12.7. The van der Waals surface area contributed by atoms with Gasteiger partial charge in [0.25, 0.3) is 5.91 Å². The van der Waals surface area contributed by atoms with Crippen LogP contribution in [0.1, 0.15) is 21.5 Å². The summed E-state index contributed by atoms with van der Waals surface area (Å²) in [6.07, 6.45) is 3.85. The first-order valence-electron chi connectivity index (χ1n) is 8.96. The Hall–Kier alpha value is -3.67. The van der Waals surface area contributed by atoms with Crippen molar-refractivity contribution in [2.75, 3.05) is 0 Å². The number of fused-ring (bicyclic) bond motifs is 3. The van der Waals surface area contributed by atoms with Crippen LogP contribution >= 0.6 is 0 Å².